The predicted octanol–water partition coefficient (Wildman–Crippen LogP) is 0.477. The van der Waals surface area contributed by atoms with Crippen molar-refractivity contribution >= 4 is 28.2 Å². The number of hydrogen-bond donors (Lipinski definition) is 1. The minimum atomic E-state index is -0.201. The Morgan fingerprint density at radius 2 is 2.14 bits per heavy atom. The number of nitrogens with zero attached hydrogens (tertiary/aromatic N) is 6. The first-order valence-electron chi connectivity index (χ1n) is 7.06. The summed E-state index contributed by atoms with van der Waals surface area (Å²) in [5.41, 5.74) is 1.60. The molecule has 0 saturated carbocycles. The number of carbonyl (C=O) groups excluding carboxylic acids is 1. The minimum Gasteiger partial charge on any atom is -0.353 e. The van der Waals surface area contributed by atoms with Crippen LogP contribution in [0.15, 0.2) is 24.1 Å². The first-order chi connectivity index (χ1) is 10.7. The van der Waals surface area contributed by atoms with E-state index in [4.69, 9.17) is 0 Å². The van der Waals surface area contributed by atoms with Crippen LogP contribution in [0.25, 0.3) is 0 Å². The summed E-state index contributed by atoms with van der Waals surface area (Å²) in [6, 6.07) is -0.201. The number of aromatic nitrogens is 4. The number of anilines is 2. The molecule has 0 spiro atoms. The first kappa shape index (κ1) is 14.8. The Bertz CT molecular complexity index is 598. The van der Waals surface area contributed by atoms with Gasteiger partial charge in [-0.3, -0.25) is 20.0 Å². The van der Waals surface area contributed by atoms with E-state index in [1.165, 1.54) is 11.3 Å². The molecule has 1 aliphatic rings. The molecular weight excluding hydrogens is 302 g/mol. The zero-order valence-corrected chi connectivity index (χ0v) is 13.0. The molecule has 2 aromatic heterocycles. The second kappa shape index (κ2) is 6.75. The second-order valence-corrected chi connectivity index (χ2v) is 5.83. The van der Waals surface area contributed by atoms with Crippen LogP contribution in [0.1, 0.15) is 6.92 Å². The lowest BCUT2D eigenvalue weighted by atomic mass is 10.2. The molecule has 0 aliphatic carbocycles. The minimum absolute atomic E-state index is 0.0512. The molecule has 1 atom stereocenters. The van der Waals surface area contributed by atoms with Crippen molar-refractivity contribution in [1.29, 1.82) is 0 Å². The third-order valence-corrected chi connectivity index (χ3v) is 4.31. The van der Waals surface area contributed by atoms with Gasteiger partial charge in [-0.15, -0.1) is 10.2 Å². The van der Waals surface area contributed by atoms with Crippen LogP contribution < -0.4 is 10.2 Å². The fraction of sp³-hybridized carbons (Fsp3) is 0.462. The summed E-state index contributed by atoms with van der Waals surface area (Å²) in [5.74, 6) is 0.831. The molecule has 1 N–H and O–H groups in total. The summed E-state index contributed by atoms with van der Waals surface area (Å²) in [6.45, 7) is 5.18. The Hall–Kier alpha value is -2.13. The smallest absolute Gasteiger partial charge is 0.243 e. The average molecular weight is 319 g/mol. The highest BCUT2D eigenvalue weighted by Gasteiger charge is 2.26. The van der Waals surface area contributed by atoms with Gasteiger partial charge < -0.3 is 4.90 Å². The van der Waals surface area contributed by atoms with E-state index < -0.39 is 0 Å². The van der Waals surface area contributed by atoms with Gasteiger partial charge in [-0.2, -0.15) is 0 Å². The molecule has 0 radical (unpaired) electrons. The van der Waals surface area contributed by atoms with Crippen LogP contribution in [0.2, 0.25) is 0 Å². The average Bonchev–Trinajstić information content (AvgIpc) is 3.08. The Morgan fingerprint density at radius 3 is 2.77 bits per heavy atom. The fourth-order valence-corrected chi connectivity index (χ4v) is 2.84. The standard InChI is InChI=1S/C13H17N7OS/c1-10(12(21)17-13-18-16-9-22-13)19-4-6-20(7-5-19)11-8-14-2-3-15-11/h2-3,8-10H,4-7H2,1H3,(H,17,18,21)/t10-/m1/s1. The zero-order valence-electron chi connectivity index (χ0n) is 12.2. The topological polar surface area (TPSA) is 87.1 Å². The molecular formula is C13H17N7OS. The zero-order chi connectivity index (χ0) is 15.4. The van der Waals surface area contributed by atoms with Crippen LogP contribution in [-0.4, -0.2) is 63.2 Å². The lowest BCUT2D eigenvalue weighted by Gasteiger charge is -2.37. The van der Waals surface area contributed by atoms with Crippen LogP contribution >= 0.6 is 11.3 Å². The van der Waals surface area contributed by atoms with Crippen molar-refractivity contribution in [3.05, 3.63) is 24.1 Å². The van der Waals surface area contributed by atoms with Crippen LogP contribution in [0.4, 0.5) is 10.9 Å². The molecule has 1 fully saturated rings. The van der Waals surface area contributed by atoms with Gasteiger partial charge in [0, 0.05) is 38.6 Å². The fourth-order valence-electron chi connectivity index (χ4n) is 2.40. The van der Waals surface area contributed by atoms with Crippen molar-refractivity contribution < 1.29 is 4.79 Å². The lowest BCUT2D eigenvalue weighted by molar-refractivity contribution is -0.120. The normalized spacial score (nSPS) is 17.2. The molecule has 3 heterocycles. The predicted molar refractivity (Wildman–Crippen MR) is 83.8 cm³/mol. The molecule has 0 bridgehead atoms. The van der Waals surface area contributed by atoms with Gasteiger partial charge in [0.2, 0.25) is 11.0 Å². The Kier molecular flexibility index (Phi) is 4.54. The van der Waals surface area contributed by atoms with E-state index >= 15 is 0 Å². The van der Waals surface area contributed by atoms with Crippen molar-refractivity contribution in [2.45, 2.75) is 13.0 Å². The number of nitrogens with one attached hydrogen (secondary N) is 1. The van der Waals surface area contributed by atoms with E-state index in [1.807, 2.05) is 6.92 Å². The van der Waals surface area contributed by atoms with Gasteiger partial charge in [0.1, 0.15) is 11.3 Å². The number of piperazine rings is 1. The van der Waals surface area contributed by atoms with E-state index in [-0.39, 0.29) is 11.9 Å². The highest BCUT2D eigenvalue weighted by molar-refractivity contribution is 7.13. The van der Waals surface area contributed by atoms with E-state index in [0.717, 1.165) is 32.0 Å². The van der Waals surface area contributed by atoms with Crippen LogP contribution in [0, 0.1) is 0 Å². The molecule has 9 heteroatoms. The van der Waals surface area contributed by atoms with Crippen molar-refractivity contribution in [3.8, 4) is 0 Å². The van der Waals surface area contributed by atoms with Gasteiger partial charge in [-0.25, -0.2) is 4.98 Å². The summed E-state index contributed by atoms with van der Waals surface area (Å²) in [6.07, 6.45) is 5.13. The maximum absolute atomic E-state index is 12.2. The van der Waals surface area contributed by atoms with Crippen LogP contribution in [0.3, 0.4) is 0 Å². The molecule has 22 heavy (non-hydrogen) atoms. The van der Waals surface area contributed by atoms with Crippen molar-refractivity contribution in [1.82, 2.24) is 25.1 Å². The van der Waals surface area contributed by atoms with E-state index in [2.05, 4.69) is 35.3 Å². The van der Waals surface area contributed by atoms with Crippen molar-refractivity contribution in [2.24, 2.45) is 0 Å². The third-order valence-electron chi connectivity index (χ3n) is 3.71. The lowest BCUT2D eigenvalue weighted by Crippen LogP contribution is -2.53. The number of rotatable bonds is 4. The molecule has 3 rings (SSSR count). The number of hydrogen-bond acceptors (Lipinski definition) is 8. The molecule has 0 unspecified atom stereocenters. The third kappa shape index (κ3) is 3.37. The first-order valence-corrected chi connectivity index (χ1v) is 7.94. The Labute approximate surface area is 132 Å². The van der Waals surface area contributed by atoms with Gasteiger partial charge in [0.05, 0.1) is 12.2 Å². The summed E-state index contributed by atoms with van der Waals surface area (Å²) in [5, 5.41) is 10.9. The molecule has 116 valence electrons. The molecule has 1 saturated heterocycles. The van der Waals surface area contributed by atoms with Crippen molar-refractivity contribution in [3.63, 3.8) is 0 Å². The van der Waals surface area contributed by atoms with Crippen molar-refractivity contribution in [2.75, 3.05) is 36.4 Å². The van der Waals surface area contributed by atoms with Crippen LogP contribution in [-0.2, 0) is 4.79 Å². The second-order valence-electron chi connectivity index (χ2n) is 5.00. The van der Waals surface area contributed by atoms with E-state index in [1.54, 1.807) is 24.1 Å². The number of amides is 1. The summed E-state index contributed by atoms with van der Waals surface area (Å²) >= 11 is 1.32. The van der Waals surface area contributed by atoms with Gasteiger partial charge in [-0.1, -0.05) is 11.3 Å². The van der Waals surface area contributed by atoms with E-state index in [9.17, 15) is 4.79 Å². The molecule has 1 amide bonds. The van der Waals surface area contributed by atoms with Gasteiger partial charge in [0.25, 0.3) is 0 Å². The van der Waals surface area contributed by atoms with Gasteiger partial charge in [-0.05, 0) is 6.92 Å². The maximum Gasteiger partial charge on any atom is 0.243 e. The quantitative estimate of drug-likeness (QED) is 0.877. The van der Waals surface area contributed by atoms with Gasteiger partial charge in [0.15, 0.2) is 0 Å². The van der Waals surface area contributed by atoms with Gasteiger partial charge >= 0.3 is 0 Å². The molecule has 1 aliphatic heterocycles. The Balaban J connectivity index is 1.53. The Morgan fingerprint density at radius 1 is 1.32 bits per heavy atom. The van der Waals surface area contributed by atoms with Crippen LogP contribution in [0.5, 0.6) is 0 Å². The molecule has 2 aromatic rings. The SMILES string of the molecule is C[C@H](C(=O)Nc1nncs1)N1CCN(c2cnccn2)CC1. The highest BCUT2D eigenvalue weighted by Crippen LogP contribution is 2.15. The summed E-state index contributed by atoms with van der Waals surface area (Å²) < 4.78 is 0. The maximum atomic E-state index is 12.2. The largest absolute Gasteiger partial charge is 0.353 e. The van der Waals surface area contributed by atoms with E-state index in [0.29, 0.717) is 5.13 Å². The molecule has 0 aromatic carbocycles. The summed E-state index contributed by atoms with van der Waals surface area (Å²) in [7, 11) is 0. The molecule has 8 nitrogen and oxygen atoms in total. The monoisotopic (exact) mass is 319 g/mol. The highest BCUT2D eigenvalue weighted by atomic mass is 32.1. The number of carbonyl (C=O) groups is 1. The summed E-state index contributed by atoms with van der Waals surface area (Å²) in [4.78, 5) is 24.9.